The fourth-order valence-electron chi connectivity index (χ4n) is 3.60. The Morgan fingerprint density at radius 2 is 1.77 bits per heavy atom. The number of nitrogens with one attached hydrogen (secondary N) is 1. The first-order valence-corrected chi connectivity index (χ1v) is 9.96. The molecule has 1 N–H and O–H groups in total. The summed E-state index contributed by atoms with van der Waals surface area (Å²) >= 11 is 0. The van der Waals surface area contributed by atoms with Gasteiger partial charge in [0.25, 0.3) is 0 Å². The molecule has 2 atom stereocenters. The van der Waals surface area contributed by atoms with Crippen molar-refractivity contribution in [1.29, 1.82) is 0 Å². The van der Waals surface area contributed by atoms with Crippen molar-refractivity contribution in [1.82, 2.24) is 5.32 Å². The summed E-state index contributed by atoms with van der Waals surface area (Å²) in [4.78, 5) is 12.7. The maximum Gasteiger partial charge on any atom is 0.407 e. The Labute approximate surface area is 170 Å². The summed E-state index contributed by atoms with van der Waals surface area (Å²) in [5.74, 6) is -7.02. The number of rotatable bonds is 10. The predicted octanol–water partition coefficient (Wildman–Crippen LogP) is 6.11. The quantitative estimate of drug-likeness (QED) is 0.446. The molecule has 168 valence electrons. The fraction of sp³-hybridized carbons (Fsp3) is 0.667. The first-order chi connectivity index (χ1) is 13.8. The minimum Gasteiger partial charge on any atom is -0.298 e. The molecule has 2 saturated carbocycles. The number of hydrogen-bond acceptors (Lipinski definition) is 2. The Morgan fingerprint density at radius 1 is 1.13 bits per heavy atom. The molecule has 2 fully saturated rings. The van der Waals surface area contributed by atoms with E-state index in [0.717, 1.165) is 6.07 Å². The number of ketones is 1. The SMILES string of the molecule is CC1(CC(=O)[C@H](CC(F)(F)CC2CC2)N[C@@H](c2ccc(F)c(F)c2)C(F)(F)F)CC1. The van der Waals surface area contributed by atoms with Crippen molar-refractivity contribution < 1.29 is 35.5 Å². The zero-order chi connectivity index (χ0) is 22.3. The lowest BCUT2D eigenvalue weighted by molar-refractivity contribution is -0.163. The van der Waals surface area contributed by atoms with Gasteiger partial charge in [0.15, 0.2) is 17.4 Å². The summed E-state index contributed by atoms with van der Waals surface area (Å²) in [6.45, 7) is 1.78. The van der Waals surface area contributed by atoms with Crippen LogP contribution in [-0.2, 0) is 4.79 Å². The van der Waals surface area contributed by atoms with Gasteiger partial charge in [-0.2, -0.15) is 13.2 Å². The van der Waals surface area contributed by atoms with E-state index in [1.165, 1.54) is 0 Å². The number of benzene rings is 1. The molecular formula is C21H24F7NO. The highest BCUT2D eigenvalue weighted by molar-refractivity contribution is 5.85. The second kappa shape index (κ2) is 8.13. The van der Waals surface area contributed by atoms with Crippen LogP contribution in [0, 0.1) is 23.0 Å². The lowest BCUT2D eigenvalue weighted by Gasteiger charge is -2.30. The van der Waals surface area contributed by atoms with E-state index in [-0.39, 0.29) is 17.8 Å². The number of halogens is 7. The van der Waals surface area contributed by atoms with Crippen molar-refractivity contribution in [2.45, 2.75) is 76.1 Å². The zero-order valence-corrected chi connectivity index (χ0v) is 16.5. The normalized spacial score (nSPS) is 20.7. The maximum atomic E-state index is 14.5. The van der Waals surface area contributed by atoms with Gasteiger partial charge in [-0.1, -0.05) is 13.0 Å². The fourth-order valence-corrected chi connectivity index (χ4v) is 3.60. The summed E-state index contributed by atoms with van der Waals surface area (Å²) in [6, 6.07) is -2.70. The van der Waals surface area contributed by atoms with Crippen LogP contribution >= 0.6 is 0 Å². The monoisotopic (exact) mass is 439 g/mol. The standard InChI is InChI=1S/C21H24F7NO/c1-19(6-7-19)11-17(30)16(10-20(24,25)9-12-2-3-12)29-18(21(26,27)28)13-4-5-14(22)15(23)8-13/h4-5,8,12,16,18,29H,2-3,6-7,9-11H2,1H3/t16-,18-/m0/s1. The summed E-state index contributed by atoms with van der Waals surface area (Å²) in [7, 11) is 0. The molecule has 0 aliphatic heterocycles. The minimum atomic E-state index is -5.00. The van der Waals surface area contributed by atoms with E-state index in [9.17, 15) is 35.5 Å². The molecule has 0 aromatic heterocycles. The average Bonchev–Trinajstić information content (AvgIpc) is 3.52. The van der Waals surface area contributed by atoms with E-state index in [1.54, 1.807) is 6.92 Å². The van der Waals surface area contributed by atoms with Crippen LogP contribution < -0.4 is 5.32 Å². The molecule has 1 aromatic carbocycles. The molecule has 0 saturated heterocycles. The van der Waals surface area contributed by atoms with Crippen LogP contribution in [0.3, 0.4) is 0 Å². The van der Waals surface area contributed by atoms with Gasteiger partial charge in [0.2, 0.25) is 5.92 Å². The van der Waals surface area contributed by atoms with Crippen LogP contribution in [0.4, 0.5) is 30.7 Å². The van der Waals surface area contributed by atoms with Crippen molar-refractivity contribution in [3.8, 4) is 0 Å². The number of hydrogen-bond donors (Lipinski definition) is 1. The van der Waals surface area contributed by atoms with Crippen LogP contribution in [0.2, 0.25) is 0 Å². The van der Waals surface area contributed by atoms with E-state index in [4.69, 9.17) is 0 Å². The molecule has 2 aliphatic rings. The molecule has 0 radical (unpaired) electrons. The van der Waals surface area contributed by atoms with E-state index >= 15 is 0 Å². The van der Waals surface area contributed by atoms with E-state index in [1.807, 2.05) is 5.32 Å². The Hall–Kier alpha value is -1.64. The van der Waals surface area contributed by atoms with E-state index in [2.05, 4.69) is 0 Å². The highest BCUT2D eigenvalue weighted by atomic mass is 19.4. The molecule has 1 aromatic rings. The first kappa shape index (κ1) is 23.0. The molecular weight excluding hydrogens is 415 g/mol. The predicted molar refractivity (Wildman–Crippen MR) is 95.9 cm³/mol. The Bertz CT molecular complexity index is 784. The van der Waals surface area contributed by atoms with Gasteiger partial charge in [-0.05, 0) is 54.7 Å². The topological polar surface area (TPSA) is 29.1 Å². The zero-order valence-electron chi connectivity index (χ0n) is 16.5. The van der Waals surface area contributed by atoms with Crippen molar-refractivity contribution in [3.63, 3.8) is 0 Å². The highest BCUT2D eigenvalue weighted by Gasteiger charge is 2.48. The smallest absolute Gasteiger partial charge is 0.298 e. The van der Waals surface area contributed by atoms with Gasteiger partial charge in [-0.3, -0.25) is 10.1 Å². The molecule has 0 amide bonds. The number of carbonyl (C=O) groups is 1. The number of carbonyl (C=O) groups excluding carboxylic acids is 1. The molecule has 3 rings (SSSR count). The summed E-state index contributed by atoms with van der Waals surface area (Å²) < 4.78 is 96.7. The minimum absolute atomic E-state index is 0.105. The Balaban J connectivity index is 1.84. The maximum absolute atomic E-state index is 14.5. The van der Waals surface area contributed by atoms with Crippen LogP contribution in [0.5, 0.6) is 0 Å². The number of alkyl halides is 5. The second-order valence-electron chi connectivity index (χ2n) is 9.03. The third kappa shape index (κ3) is 6.18. The van der Waals surface area contributed by atoms with Gasteiger partial charge >= 0.3 is 6.18 Å². The van der Waals surface area contributed by atoms with Gasteiger partial charge in [0.05, 0.1) is 6.04 Å². The largest absolute Gasteiger partial charge is 0.407 e. The van der Waals surface area contributed by atoms with Gasteiger partial charge in [-0.15, -0.1) is 0 Å². The van der Waals surface area contributed by atoms with Gasteiger partial charge < -0.3 is 0 Å². The lowest BCUT2D eigenvalue weighted by Crippen LogP contribution is -2.47. The third-order valence-electron chi connectivity index (χ3n) is 5.85. The molecule has 9 heteroatoms. The van der Waals surface area contributed by atoms with Crippen LogP contribution in [0.1, 0.15) is 63.5 Å². The third-order valence-corrected chi connectivity index (χ3v) is 5.85. The van der Waals surface area contributed by atoms with Crippen molar-refractivity contribution in [3.05, 3.63) is 35.4 Å². The first-order valence-electron chi connectivity index (χ1n) is 9.96. The van der Waals surface area contributed by atoms with Crippen molar-refractivity contribution in [2.24, 2.45) is 11.3 Å². The summed E-state index contributed by atoms with van der Waals surface area (Å²) in [5.41, 5.74) is -1.05. The van der Waals surface area contributed by atoms with Crippen LogP contribution in [0.25, 0.3) is 0 Å². The molecule has 0 bridgehead atoms. The lowest BCUT2D eigenvalue weighted by atomic mass is 9.92. The molecule has 0 unspecified atom stereocenters. The average molecular weight is 439 g/mol. The van der Waals surface area contributed by atoms with Crippen molar-refractivity contribution in [2.75, 3.05) is 0 Å². The van der Waals surface area contributed by atoms with E-state index in [0.29, 0.717) is 37.8 Å². The second-order valence-corrected chi connectivity index (χ2v) is 9.03. The van der Waals surface area contributed by atoms with Gasteiger partial charge in [0.1, 0.15) is 6.04 Å². The van der Waals surface area contributed by atoms with Crippen molar-refractivity contribution >= 4 is 5.78 Å². The molecule has 30 heavy (non-hydrogen) atoms. The molecule has 2 aliphatic carbocycles. The van der Waals surface area contributed by atoms with Gasteiger partial charge in [0, 0.05) is 19.3 Å². The summed E-state index contributed by atoms with van der Waals surface area (Å²) in [5, 5.41) is 2.01. The Morgan fingerprint density at radius 3 is 2.27 bits per heavy atom. The molecule has 0 heterocycles. The van der Waals surface area contributed by atoms with Crippen LogP contribution in [-0.4, -0.2) is 23.9 Å². The number of Topliss-reactive ketones (excluding diaryl/α,β-unsaturated/α-hetero) is 1. The Kier molecular flexibility index (Phi) is 6.24. The van der Waals surface area contributed by atoms with E-state index < -0.39 is 60.0 Å². The molecule has 2 nitrogen and oxygen atoms in total. The van der Waals surface area contributed by atoms with Gasteiger partial charge in [-0.25, -0.2) is 17.6 Å². The summed E-state index contributed by atoms with van der Waals surface area (Å²) in [6.07, 6.45) is -3.96. The van der Waals surface area contributed by atoms with Crippen LogP contribution in [0.15, 0.2) is 18.2 Å². The molecule has 0 spiro atoms. The highest BCUT2D eigenvalue weighted by Crippen LogP contribution is 2.49.